The van der Waals surface area contributed by atoms with Crippen molar-refractivity contribution in [3.05, 3.63) is 0 Å². The largest absolute Gasteiger partial charge is 0.458 e. The highest BCUT2D eigenvalue weighted by Gasteiger charge is 2.80. The summed E-state index contributed by atoms with van der Waals surface area (Å²) < 4.78 is 23.3. The second-order valence-electron chi connectivity index (χ2n) is 11.5. The topological polar surface area (TPSA) is 108 Å². The predicted octanol–water partition coefficient (Wildman–Crippen LogP) is 2.56. The molecule has 3 aliphatic carbocycles. The summed E-state index contributed by atoms with van der Waals surface area (Å²) in [6.07, 6.45) is 0.385. The number of esters is 3. The van der Waals surface area contributed by atoms with Crippen LogP contribution in [0.25, 0.3) is 0 Å². The van der Waals surface area contributed by atoms with E-state index in [2.05, 4.69) is 20.8 Å². The second-order valence-corrected chi connectivity index (χ2v) is 11.5. The van der Waals surface area contributed by atoms with Gasteiger partial charge in [0.05, 0.1) is 11.3 Å². The van der Waals surface area contributed by atoms with Crippen LogP contribution in [-0.2, 0) is 33.3 Å². The van der Waals surface area contributed by atoms with Gasteiger partial charge < -0.3 is 24.1 Å². The molecule has 10 atom stereocenters. The van der Waals surface area contributed by atoms with E-state index in [9.17, 15) is 19.5 Å². The predicted molar refractivity (Wildman–Crippen MR) is 109 cm³/mol. The molecule has 0 aromatic carbocycles. The van der Waals surface area contributed by atoms with Gasteiger partial charge in [-0.15, -0.1) is 0 Å². The van der Waals surface area contributed by atoms with Crippen molar-refractivity contribution in [3.8, 4) is 0 Å². The van der Waals surface area contributed by atoms with Gasteiger partial charge in [-0.1, -0.05) is 27.2 Å². The summed E-state index contributed by atoms with van der Waals surface area (Å²) >= 11 is 0. The Bertz CT molecular complexity index is 853. The highest BCUT2D eigenvalue weighted by atomic mass is 16.8. The quantitative estimate of drug-likeness (QED) is 0.505. The molecule has 2 saturated heterocycles. The monoisotopic (exact) mass is 450 g/mol. The molecule has 8 nitrogen and oxygen atoms in total. The minimum atomic E-state index is -1.29. The minimum Gasteiger partial charge on any atom is -0.458 e. The standard InChI is InChI=1S/C24H34O8/c1-11(25)29-16-17-22(3,4)9-6-10-23(17,5)14-8-7-13-15-20(31-19(13)27)32-21(28)24(14,15)18(16)30-12(2)26/h13-18,20-21,28H,6-10H2,1-5H3/t13-,14-,15+,16-,17+,18-,20+,21-,23-,24?/m1/s1. The molecule has 8 heteroatoms. The molecule has 1 N–H and O–H groups in total. The molecule has 2 aliphatic heterocycles. The molecule has 0 amide bonds. The van der Waals surface area contributed by atoms with Crippen molar-refractivity contribution >= 4 is 17.9 Å². The Labute approximate surface area is 188 Å². The zero-order valence-electron chi connectivity index (χ0n) is 19.5. The third-order valence-corrected chi connectivity index (χ3v) is 9.50. The first-order valence-corrected chi connectivity index (χ1v) is 11.8. The molecule has 0 radical (unpaired) electrons. The Morgan fingerprint density at radius 2 is 1.75 bits per heavy atom. The normalized spacial score (nSPS) is 50.5. The van der Waals surface area contributed by atoms with Crippen LogP contribution < -0.4 is 0 Å². The molecule has 178 valence electrons. The van der Waals surface area contributed by atoms with Crippen molar-refractivity contribution in [2.24, 2.45) is 39.9 Å². The second kappa shape index (κ2) is 6.92. The maximum atomic E-state index is 12.7. The van der Waals surface area contributed by atoms with Crippen LogP contribution in [0, 0.1) is 39.9 Å². The number of ether oxygens (including phenoxy) is 4. The molecule has 3 saturated carbocycles. The zero-order valence-corrected chi connectivity index (χ0v) is 19.5. The van der Waals surface area contributed by atoms with E-state index >= 15 is 0 Å². The number of rotatable bonds is 2. The number of fused-ring (bicyclic) bond motifs is 2. The van der Waals surface area contributed by atoms with Gasteiger partial charge in [-0.05, 0) is 42.4 Å². The molecule has 2 heterocycles. The molecular weight excluding hydrogens is 416 g/mol. The Morgan fingerprint density at radius 3 is 2.41 bits per heavy atom. The summed E-state index contributed by atoms with van der Waals surface area (Å²) in [6, 6.07) is 0. The van der Waals surface area contributed by atoms with Crippen molar-refractivity contribution in [1.82, 2.24) is 0 Å². The lowest BCUT2D eigenvalue weighted by Crippen LogP contribution is -2.73. The zero-order chi connectivity index (χ0) is 23.2. The number of aliphatic hydroxyl groups is 1. The van der Waals surface area contributed by atoms with Crippen molar-refractivity contribution in [3.63, 3.8) is 0 Å². The van der Waals surface area contributed by atoms with Crippen LogP contribution in [-0.4, -0.2) is 47.8 Å². The van der Waals surface area contributed by atoms with Gasteiger partial charge >= 0.3 is 17.9 Å². The third kappa shape index (κ3) is 2.65. The fourth-order valence-electron chi connectivity index (χ4n) is 8.91. The van der Waals surface area contributed by atoms with Crippen LogP contribution >= 0.6 is 0 Å². The van der Waals surface area contributed by atoms with Crippen LogP contribution in [0.1, 0.15) is 66.7 Å². The summed E-state index contributed by atoms with van der Waals surface area (Å²) in [4.78, 5) is 37.3. The van der Waals surface area contributed by atoms with Gasteiger partial charge in [0.1, 0.15) is 6.10 Å². The smallest absolute Gasteiger partial charge is 0.311 e. The van der Waals surface area contributed by atoms with Gasteiger partial charge in [0.2, 0.25) is 6.29 Å². The summed E-state index contributed by atoms with van der Waals surface area (Å²) in [5.41, 5.74) is -1.55. The Morgan fingerprint density at radius 1 is 1.06 bits per heavy atom. The van der Waals surface area contributed by atoms with E-state index in [1.807, 2.05) is 0 Å². The van der Waals surface area contributed by atoms with E-state index in [1.54, 1.807) is 0 Å². The summed E-state index contributed by atoms with van der Waals surface area (Å²) in [5.74, 6) is -2.33. The summed E-state index contributed by atoms with van der Waals surface area (Å²) in [7, 11) is 0. The number of hydrogen-bond donors (Lipinski definition) is 1. The van der Waals surface area contributed by atoms with Crippen molar-refractivity contribution in [2.75, 3.05) is 0 Å². The molecular formula is C24H34O8. The molecule has 5 aliphatic rings. The lowest BCUT2D eigenvalue weighted by atomic mass is 9.37. The van der Waals surface area contributed by atoms with Gasteiger partial charge in [-0.3, -0.25) is 14.4 Å². The first kappa shape index (κ1) is 22.1. The number of hydrogen-bond acceptors (Lipinski definition) is 8. The van der Waals surface area contributed by atoms with Crippen LogP contribution in [0.15, 0.2) is 0 Å². The molecule has 0 aromatic rings. The molecule has 0 bridgehead atoms. The van der Waals surface area contributed by atoms with Crippen LogP contribution in [0.4, 0.5) is 0 Å². The lowest BCUT2D eigenvalue weighted by molar-refractivity contribution is -0.310. The number of carbonyl (C=O) groups excluding carboxylic acids is 3. The average molecular weight is 451 g/mol. The maximum Gasteiger partial charge on any atom is 0.311 e. The van der Waals surface area contributed by atoms with E-state index in [0.29, 0.717) is 12.8 Å². The minimum absolute atomic E-state index is 0.0755. The number of carbonyl (C=O) groups is 3. The van der Waals surface area contributed by atoms with Crippen molar-refractivity contribution in [2.45, 2.75) is 91.5 Å². The SMILES string of the molecule is CC(=O)O[C@H]1[C@@H](OC(C)=O)C23[C@@H]4[C@@H](OC(=O)[C@@H]4CC[C@@H]2[C@@]2(C)CCCC(C)(C)[C@H]12)O[C@H]3O. The molecule has 1 unspecified atom stereocenters. The van der Waals surface area contributed by atoms with E-state index < -0.39 is 54.0 Å². The molecule has 32 heavy (non-hydrogen) atoms. The fourth-order valence-corrected chi connectivity index (χ4v) is 8.91. The first-order chi connectivity index (χ1) is 14.9. The average Bonchev–Trinajstić information content (AvgIpc) is 3.13. The number of aliphatic hydroxyl groups excluding tert-OH is 1. The molecule has 0 aromatic heterocycles. The van der Waals surface area contributed by atoms with Crippen LogP contribution in [0.2, 0.25) is 0 Å². The summed E-state index contributed by atoms with van der Waals surface area (Å²) in [6.45, 7) is 9.29. The van der Waals surface area contributed by atoms with Gasteiger partial charge in [-0.2, -0.15) is 0 Å². The van der Waals surface area contributed by atoms with Gasteiger partial charge in [0.25, 0.3) is 0 Å². The molecule has 5 rings (SSSR count). The third-order valence-electron chi connectivity index (χ3n) is 9.50. The molecule has 1 spiro atoms. The Balaban J connectivity index is 1.75. The van der Waals surface area contributed by atoms with E-state index in [-0.39, 0.29) is 28.6 Å². The van der Waals surface area contributed by atoms with E-state index in [4.69, 9.17) is 18.9 Å². The van der Waals surface area contributed by atoms with Crippen molar-refractivity contribution < 1.29 is 38.4 Å². The van der Waals surface area contributed by atoms with E-state index in [0.717, 1.165) is 19.3 Å². The highest BCUT2D eigenvalue weighted by Crippen LogP contribution is 2.74. The maximum absolute atomic E-state index is 12.7. The Hall–Kier alpha value is -1.67. The van der Waals surface area contributed by atoms with Gasteiger partial charge in [0.15, 0.2) is 12.4 Å². The van der Waals surface area contributed by atoms with Crippen LogP contribution in [0.5, 0.6) is 0 Å². The summed E-state index contributed by atoms with van der Waals surface area (Å²) in [5, 5.41) is 11.4. The highest BCUT2D eigenvalue weighted by molar-refractivity contribution is 5.76. The van der Waals surface area contributed by atoms with Gasteiger partial charge in [-0.25, -0.2) is 0 Å². The lowest BCUT2D eigenvalue weighted by Gasteiger charge is -2.68. The van der Waals surface area contributed by atoms with Crippen LogP contribution in [0.3, 0.4) is 0 Å². The Kier molecular flexibility index (Phi) is 4.79. The molecule has 5 fully saturated rings. The first-order valence-electron chi connectivity index (χ1n) is 11.8. The fraction of sp³-hybridized carbons (Fsp3) is 0.875. The van der Waals surface area contributed by atoms with E-state index in [1.165, 1.54) is 13.8 Å². The van der Waals surface area contributed by atoms with Crippen molar-refractivity contribution in [1.29, 1.82) is 0 Å². The van der Waals surface area contributed by atoms with Gasteiger partial charge in [0, 0.05) is 25.7 Å².